The largest absolute Gasteiger partial charge is 0.480 e. The summed E-state index contributed by atoms with van der Waals surface area (Å²) >= 11 is 11.7. The first-order valence-corrected chi connectivity index (χ1v) is 11.3. The third-order valence-corrected chi connectivity index (χ3v) is 7.34. The zero-order chi connectivity index (χ0) is 23.0. The summed E-state index contributed by atoms with van der Waals surface area (Å²) in [6, 6.07) is 9.30. The summed E-state index contributed by atoms with van der Waals surface area (Å²) in [6.07, 6.45) is 0.563. The lowest BCUT2D eigenvalue weighted by molar-refractivity contribution is -0.149. The highest BCUT2D eigenvalue weighted by Gasteiger charge is 2.72. The van der Waals surface area contributed by atoms with E-state index in [0.29, 0.717) is 47.1 Å². The lowest BCUT2D eigenvalue weighted by atomic mass is 9.39. The number of carbonyl (C=O) groups excluding carboxylic acids is 1. The van der Waals surface area contributed by atoms with Crippen molar-refractivity contribution in [1.29, 1.82) is 0 Å². The Kier molecular flexibility index (Phi) is 4.53. The molecule has 2 heterocycles. The van der Waals surface area contributed by atoms with Crippen LogP contribution in [0.2, 0.25) is 10.0 Å². The number of aliphatic hydroxyl groups is 1. The molecule has 7 rings (SSSR count). The van der Waals surface area contributed by atoms with E-state index in [1.54, 1.807) is 24.3 Å². The fraction of sp³-hybridized carbons (Fsp3) is 0.348. The van der Waals surface area contributed by atoms with Gasteiger partial charge in [0.15, 0.2) is 6.10 Å². The average Bonchev–Trinajstić information content (AvgIpc) is 3.21. The van der Waals surface area contributed by atoms with Gasteiger partial charge < -0.3 is 19.6 Å². The Morgan fingerprint density at radius 3 is 2.70 bits per heavy atom. The highest BCUT2D eigenvalue weighted by molar-refractivity contribution is 6.31. The van der Waals surface area contributed by atoms with E-state index >= 15 is 0 Å². The van der Waals surface area contributed by atoms with Crippen LogP contribution in [-0.2, 0) is 10.2 Å². The minimum atomic E-state index is -0.822. The highest BCUT2D eigenvalue weighted by Crippen LogP contribution is 2.67. The highest BCUT2D eigenvalue weighted by atomic mass is 35.5. The van der Waals surface area contributed by atoms with Gasteiger partial charge in [-0.05, 0) is 55.7 Å². The zero-order valence-corrected chi connectivity index (χ0v) is 18.7. The third-order valence-electron chi connectivity index (χ3n) is 6.79. The van der Waals surface area contributed by atoms with Crippen molar-refractivity contribution in [1.82, 2.24) is 15.5 Å². The van der Waals surface area contributed by atoms with E-state index in [0.717, 1.165) is 0 Å². The predicted molar refractivity (Wildman–Crippen MR) is 117 cm³/mol. The maximum atomic E-state index is 13.7. The third kappa shape index (κ3) is 3.31. The summed E-state index contributed by atoms with van der Waals surface area (Å²) in [4.78, 5) is 12.9. The topological polar surface area (TPSA) is 97.5 Å². The van der Waals surface area contributed by atoms with Gasteiger partial charge in [0.1, 0.15) is 11.6 Å². The SMILES string of the molecule is O=C(NC12CC(c3nnc(-c4ccc(Cl)c(F)c4)o3)(C1)C2)C1CC(O)c2cc(Cl)ccc2O1. The number of carbonyl (C=O) groups is 1. The molecule has 2 bridgehead atoms. The van der Waals surface area contributed by atoms with Crippen LogP contribution in [0.15, 0.2) is 40.8 Å². The molecule has 2 unspecified atom stereocenters. The maximum absolute atomic E-state index is 13.7. The predicted octanol–water partition coefficient (Wildman–Crippen LogP) is 4.36. The number of benzene rings is 2. The van der Waals surface area contributed by atoms with Crippen molar-refractivity contribution >= 4 is 29.1 Å². The molecule has 0 radical (unpaired) electrons. The molecular formula is C23H18Cl2FN3O4. The minimum Gasteiger partial charge on any atom is -0.480 e. The van der Waals surface area contributed by atoms with Crippen LogP contribution in [0.4, 0.5) is 4.39 Å². The zero-order valence-electron chi connectivity index (χ0n) is 17.1. The molecule has 3 aliphatic carbocycles. The molecule has 2 atom stereocenters. The second-order valence-corrected chi connectivity index (χ2v) is 10.0. The Morgan fingerprint density at radius 2 is 1.94 bits per heavy atom. The number of nitrogens with one attached hydrogen (secondary N) is 1. The van der Waals surface area contributed by atoms with Gasteiger partial charge in [-0.15, -0.1) is 10.2 Å². The number of hydrogen-bond donors (Lipinski definition) is 2. The molecule has 3 saturated carbocycles. The van der Waals surface area contributed by atoms with Crippen molar-refractivity contribution in [3.8, 4) is 17.2 Å². The summed E-state index contributed by atoms with van der Waals surface area (Å²) in [5.74, 6) is 0.364. The molecule has 1 aliphatic heterocycles. The van der Waals surface area contributed by atoms with E-state index in [1.807, 2.05) is 0 Å². The number of halogens is 3. The average molecular weight is 490 g/mol. The van der Waals surface area contributed by atoms with Crippen molar-refractivity contribution in [3.63, 3.8) is 0 Å². The second-order valence-electron chi connectivity index (χ2n) is 9.16. The Morgan fingerprint density at radius 1 is 1.15 bits per heavy atom. The Balaban J connectivity index is 1.11. The molecule has 33 heavy (non-hydrogen) atoms. The number of amides is 1. The van der Waals surface area contributed by atoms with Crippen LogP contribution in [0.25, 0.3) is 11.5 Å². The Labute approximate surface area is 197 Å². The van der Waals surface area contributed by atoms with E-state index in [2.05, 4.69) is 15.5 Å². The summed E-state index contributed by atoms with van der Waals surface area (Å²) in [5.41, 5.74) is 0.426. The monoisotopic (exact) mass is 489 g/mol. The molecule has 3 fully saturated rings. The lowest BCUT2D eigenvalue weighted by Gasteiger charge is -2.68. The van der Waals surface area contributed by atoms with Gasteiger partial charge in [0.2, 0.25) is 11.8 Å². The first-order valence-electron chi connectivity index (χ1n) is 10.5. The molecule has 7 nitrogen and oxygen atoms in total. The molecular weight excluding hydrogens is 472 g/mol. The van der Waals surface area contributed by atoms with Crippen LogP contribution < -0.4 is 10.1 Å². The van der Waals surface area contributed by atoms with Crippen LogP contribution in [0.5, 0.6) is 5.75 Å². The van der Waals surface area contributed by atoms with Crippen LogP contribution in [0.3, 0.4) is 0 Å². The van der Waals surface area contributed by atoms with Crippen molar-refractivity contribution in [2.45, 2.75) is 48.8 Å². The van der Waals surface area contributed by atoms with E-state index in [4.69, 9.17) is 32.4 Å². The molecule has 170 valence electrons. The molecule has 0 spiro atoms. The quantitative estimate of drug-likeness (QED) is 0.564. The maximum Gasteiger partial charge on any atom is 0.261 e. The fourth-order valence-corrected chi connectivity index (χ4v) is 5.55. The van der Waals surface area contributed by atoms with Crippen molar-refractivity contribution in [2.24, 2.45) is 0 Å². The number of ether oxygens (including phenoxy) is 1. The van der Waals surface area contributed by atoms with Crippen LogP contribution in [0, 0.1) is 5.82 Å². The Bertz CT molecular complexity index is 1280. The van der Waals surface area contributed by atoms with E-state index in [-0.39, 0.29) is 34.2 Å². The molecule has 4 aliphatic rings. The molecule has 0 saturated heterocycles. The molecule has 10 heteroatoms. The number of aliphatic hydroxyl groups excluding tert-OH is 1. The molecule has 1 aromatic heterocycles. The smallest absolute Gasteiger partial charge is 0.261 e. The van der Waals surface area contributed by atoms with Gasteiger partial charge >= 0.3 is 0 Å². The van der Waals surface area contributed by atoms with Gasteiger partial charge in [-0.1, -0.05) is 23.2 Å². The number of rotatable bonds is 4. The van der Waals surface area contributed by atoms with Gasteiger partial charge in [0.05, 0.1) is 16.5 Å². The van der Waals surface area contributed by atoms with Gasteiger partial charge in [-0.2, -0.15) is 0 Å². The normalized spacial score (nSPS) is 29.3. The number of fused-ring (bicyclic) bond motifs is 1. The molecule has 2 N–H and O–H groups in total. The van der Waals surface area contributed by atoms with E-state index in [9.17, 15) is 14.3 Å². The summed E-state index contributed by atoms with van der Waals surface area (Å²) < 4.78 is 25.4. The summed E-state index contributed by atoms with van der Waals surface area (Å²) in [6.45, 7) is 0. The van der Waals surface area contributed by atoms with Crippen LogP contribution >= 0.6 is 23.2 Å². The van der Waals surface area contributed by atoms with Crippen molar-refractivity contribution in [3.05, 3.63) is 63.7 Å². The number of nitrogens with zero attached hydrogens (tertiary/aromatic N) is 2. The standard InChI is InChI=1S/C23H18Cl2FN3O4/c24-12-2-4-17-13(6-12)16(30)7-18(32-17)19(31)27-23-8-22(9-23,10-23)21-29-28-20(33-21)11-1-3-14(25)15(26)5-11/h1-6,16,18,30H,7-10H2,(H,27,31). The van der Waals surface area contributed by atoms with Crippen LogP contribution in [-0.4, -0.2) is 32.9 Å². The van der Waals surface area contributed by atoms with Gasteiger partial charge in [-0.25, -0.2) is 4.39 Å². The molecule has 2 aromatic carbocycles. The summed E-state index contributed by atoms with van der Waals surface area (Å²) in [7, 11) is 0. The van der Waals surface area contributed by atoms with Gasteiger partial charge in [-0.3, -0.25) is 4.79 Å². The van der Waals surface area contributed by atoms with Gasteiger partial charge in [0.25, 0.3) is 5.91 Å². The number of hydrogen-bond acceptors (Lipinski definition) is 6. The molecule has 1 amide bonds. The summed E-state index contributed by atoms with van der Waals surface area (Å²) in [5, 5.41) is 22.3. The van der Waals surface area contributed by atoms with Crippen LogP contribution in [0.1, 0.15) is 43.2 Å². The van der Waals surface area contributed by atoms with Crippen molar-refractivity contribution < 1.29 is 23.4 Å². The molecule has 3 aromatic rings. The van der Waals surface area contributed by atoms with E-state index in [1.165, 1.54) is 12.1 Å². The van der Waals surface area contributed by atoms with E-state index < -0.39 is 18.0 Å². The first-order chi connectivity index (χ1) is 15.8. The minimum absolute atomic E-state index is 0.0253. The Hall–Kier alpha value is -2.68. The number of aromatic nitrogens is 2. The van der Waals surface area contributed by atoms with Gasteiger partial charge in [0, 0.05) is 28.1 Å². The fourth-order valence-electron chi connectivity index (χ4n) is 5.25. The lowest BCUT2D eigenvalue weighted by Crippen LogP contribution is -2.77. The first kappa shape index (κ1) is 20.9. The second kappa shape index (κ2) is 7.16. The van der Waals surface area contributed by atoms with Crippen molar-refractivity contribution in [2.75, 3.05) is 0 Å².